The van der Waals surface area contributed by atoms with Gasteiger partial charge in [0.05, 0.1) is 5.69 Å². The molecule has 2 rings (SSSR count). The third-order valence-electron chi connectivity index (χ3n) is 2.33. The second kappa shape index (κ2) is 4.57. The quantitative estimate of drug-likeness (QED) is 0.794. The number of nitrogens with zero attached hydrogens (tertiary/aromatic N) is 1. The summed E-state index contributed by atoms with van der Waals surface area (Å²) in [5.74, 6) is -0.622. The molecule has 1 aliphatic rings. The van der Waals surface area contributed by atoms with Crippen molar-refractivity contribution < 1.29 is 14.7 Å². The van der Waals surface area contributed by atoms with E-state index in [2.05, 4.69) is 0 Å². The number of amides is 1. The number of benzene rings is 1. The maximum Gasteiger partial charge on any atom is 0.312 e. The predicted molar refractivity (Wildman–Crippen MR) is 61.8 cm³/mol. The molecular formula is C11H11NO3S. The van der Waals surface area contributed by atoms with Gasteiger partial charge in [-0.1, -0.05) is 12.1 Å². The van der Waals surface area contributed by atoms with Gasteiger partial charge in [0.15, 0.2) is 0 Å². The Morgan fingerprint density at radius 2 is 2.12 bits per heavy atom. The number of hydrogen-bond donors (Lipinski definition) is 1. The lowest BCUT2D eigenvalue weighted by Crippen LogP contribution is -2.36. The molecule has 1 aromatic rings. The van der Waals surface area contributed by atoms with E-state index in [1.165, 1.54) is 0 Å². The van der Waals surface area contributed by atoms with Crippen molar-refractivity contribution in [2.75, 3.05) is 17.2 Å². The standard InChI is InChI=1S/C11H11NO3S/c13-10(7-11(14)15)12-5-6-16-9-4-2-1-3-8(9)12/h1-4H,5-7H2,(H,14,15). The van der Waals surface area contributed by atoms with Crippen molar-refractivity contribution >= 4 is 29.3 Å². The molecule has 5 heteroatoms. The Labute approximate surface area is 97.3 Å². The number of para-hydroxylation sites is 1. The van der Waals surface area contributed by atoms with Crippen molar-refractivity contribution in [3.8, 4) is 0 Å². The Morgan fingerprint density at radius 3 is 2.88 bits per heavy atom. The zero-order valence-corrected chi connectivity index (χ0v) is 9.37. The lowest BCUT2D eigenvalue weighted by molar-refractivity contribution is -0.140. The molecule has 1 aromatic carbocycles. The van der Waals surface area contributed by atoms with Crippen LogP contribution in [0.4, 0.5) is 5.69 Å². The first kappa shape index (κ1) is 11.0. The van der Waals surface area contributed by atoms with Crippen LogP contribution in [0.25, 0.3) is 0 Å². The molecule has 0 radical (unpaired) electrons. The monoisotopic (exact) mass is 237 g/mol. The van der Waals surface area contributed by atoms with Gasteiger partial charge in [0, 0.05) is 17.2 Å². The zero-order valence-electron chi connectivity index (χ0n) is 8.55. The summed E-state index contributed by atoms with van der Waals surface area (Å²) in [6, 6.07) is 7.56. The van der Waals surface area contributed by atoms with E-state index in [-0.39, 0.29) is 5.91 Å². The number of anilines is 1. The van der Waals surface area contributed by atoms with Crippen LogP contribution in [0.15, 0.2) is 29.2 Å². The highest BCUT2D eigenvalue weighted by molar-refractivity contribution is 7.99. The van der Waals surface area contributed by atoms with Gasteiger partial charge < -0.3 is 10.0 Å². The van der Waals surface area contributed by atoms with E-state index in [9.17, 15) is 9.59 Å². The van der Waals surface area contributed by atoms with E-state index < -0.39 is 12.4 Å². The molecule has 0 atom stereocenters. The van der Waals surface area contributed by atoms with Crippen LogP contribution in [0.5, 0.6) is 0 Å². The molecule has 0 aliphatic carbocycles. The van der Waals surface area contributed by atoms with Crippen LogP contribution in [-0.4, -0.2) is 29.3 Å². The van der Waals surface area contributed by atoms with E-state index in [0.717, 1.165) is 16.3 Å². The molecule has 84 valence electrons. The van der Waals surface area contributed by atoms with Crippen LogP contribution < -0.4 is 4.90 Å². The molecule has 4 nitrogen and oxygen atoms in total. The Kier molecular flexibility index (Phi) is 3.14. The highest BCUT2D eigenvalue weighted by atomic mass is 32.2. The highest BCUT2D eigenvalue weighted by Gasteiger charge is 2.23. The second-order valence-corrected chi connectivity index (χ2v) is 4.57. The van der Waals surface area contributed by atoms with Gasteiger partial charge in [-0.3, -0.25) is 9.59 Å². The fourth-order valence-corrected chi connectivity index (χ4v) is 2.65. The third-order valence-corrected chi connectivity index (χ3v) is 3.37. The largest absolute Gasteiger partial charge is 0.481 e. The molecule has 0 spiro atoms. The summed E-state index contributed by atoms with van der Waals surface area (Å²) in [4.78, 5) is 24.8. The lowest BCUT2D eigenvalue weighted by Gasteiger charge is -2.28. The Hall–Kier alpha value is -1.49. The number of fused-ring (bicyclic) bond motifs is 1. The van der Waals surface area contributed by atoms with Gasteiger partial charge in [-0.25, -0.2) is 0 Å². The Balaban J connectivity index is 2.24. The van der Waals surface area contributed by atoms with Crippen molar-refractivity contribution in [1.29, 1.82) is 0 Å². The molecule has 1 amide bonds. The van der Waals surface area contributed by atoms with Gasteiger partial charge in [0.1, 0.15) is 6.42 Å². The molecule has 16 heavy (non-hydrogen) atoms. The van der Waals surface area contributed by atoms with Crippen LogP contribution in [0, 0.1) is 0 Å². The second-order valence-electron chi connectivity index (χ2n) is 3.43. The molecule has 0 unspecified atom stereocenters. The average molecular weight is 237 g/mol. The SMILES string of the molecule is O=C(O)CC(=O)N1CCSc2ccccc21. The van der Waals surface area contributed by atoms with Gasteiger partial charge in [-0.15, -0.1) is 11.8 Å². The summed E-state index contributed by atoms with van der Waals surface area (Å²) in [6.07, 6.45) is -0.445. The first-order chi connectivity index (χ1) is 7.68. The Bertz CT molecular complexity index is 433. The van der Waals surface area contributed by atoms with Crippen molar-refractivity contribution in [3.05, 3.63) is 24.3 Å². The number of carboxylic acid groups (broad SMARTS) is 1. The van der Waals surface area contributed by atoms with Crippen molar-refractivity contribution in [3.63, 3.8) is 0 Å². The molecule has 0 fully saturated rings. The van der Waals surface area contributed by atoms with Gasteiger partial charge >= 0.3 is 5.97 Å². The maximum absolute atomic E-state index is 11.7. The minimum Gasteiger partial charge on any atom is -0.481 e. The maximum atomic E-state index is 11.7. The van der Waals surface area contributed by atoms with Crippen LogP contribution in [0.3, 0.4) is 0 Å². The molecule has 0 aromatic heterocycles. The number of hydrogen-bond acceptors (Lipinski definition) is 3. The summed E-state index contributed by atoms with van der Waals surface area (Å²) in [5, 5.41) is 8.61. The van der Waals surface area contributed by atoms with Gasteiger partial charge in [0.2, 0.25) is 5.91 Å². The number of thioether (sulfide) groups is 1. The normalized spacial score (nSPS) is 14.4. The first-order valence-corrected chi connectivity index (χ1v) is 5.91. The molecule has 0 bridgehead atoms. The van der Waals surface area contributed by atoms with Gasteiger partial charge in [0.25, 0.3) is 0 Å². The van der Waals surface area contributed by atoms with Gasteiger partial charge in [-0.2, -0.15) is 0 Å². The minimum atomic E-state index is -1.08. The third kappa shape index (κ3) is 2.19. The number of carboxylic acids is 1. The number of carbonyl (C=O) groups excluding carboxylic acids is 1. The van der Waals surface area contributed by atoms with Crippen LogP contribution in [0.2, 0.25) is 0 Å². The molecule has 0 saturated carbocycles. The molecule has 0 saturated heterocycles. The number of rotatable bonds is 2. The van der Waals surface area contributed by atoms with E-state index in [1.54, 1.807) is 16.7 Å². The van der Waals surface area contributed by atoms with Crippen LogP contribution in [0.1, 0.15) is 6.42 Å². The topological polar surface area (TPSA) is 57.6 Å². The first-order valence-electron chi connectivity index (χ1n) is 4.92. The van der Waals surface area contributed by atoms with Crippen molar-refractivity contribution in [1.82, 2.24) is 0 Å². The van der Waals surface area contributed by atoms with E-state index in [1.807, 2.05) is 24.3 Å². The average Bonchev–Trinajstić information content (AvgIpc) is 2.27. The summed E-state index contributed by atoms with van der Waals surface area (Å²) in [7, 11) is 0. The van der Waals surface area contributed by atoms with Crippen molar-refractivity contribution in [2.45, 2.75) is 11.3 Å². The van der Waals surface area contributed by atoms with E-state index in [4.69, 9.17) is 5.11 Å². The molecule has 1 N–H and O–H groups in total. The zero-order chi connectivity index (χ0) is 11.5. The van der Waals surface area contributed by atoms with Crippen molar-refractivity contribution in [2.24, 2.45) is 0 Å². The molecule has 1 aliphatic heterocycles. The molecular weight excluding hydrogens is 226 g/mol. The smallest absolute Gasteiger partial charge is 0.312 e. The fraction of sp³-hybridized carbons (Fsp3) is 0.273. The minimum absolute atomic E-state index is 0.347. The summed E-state index contributed by atoms with van der Waals surface area (Å²) in [5.41, 5.74) is 0.824. The molecule has 1 heterocycles. The number of aliphatic carboxylic acids is 1. The summed E-state index contributed by atoms with van der Waals surface area (Å²) < 4.78 is 0. The summed E-state index contributed by atoms with van der Waals surface area (Å²) >= 11 is 1.69. The fourth-order valence-electron chi connectivity index (χ4n) is 1.65. The van der Waals surface area contributed by atoms with Gasteiger partial charge in [-0.05, 0) is 12.1 Å². The Morgan fingerprint density at radius 1 is 1.38 bits per heavy atom. The lowest BCUT2D eigenvalue weighted by atomic mass is 10.2. The van der Waals surface area contributed by atoms with E-state index >= 15 is 0 Å². The van der Waals surface area contributed by atoms with E-state index in [0.29, 0.717) is 6.54 Å². The summed E-state index contributed by atoms with van der Waals surface area (Å²) in [6.45, 7) is 0.577. The van der Waals surface area contributed by atoms with Crippen LogP contribution in [-0.2, 0) is 9.59 Å². The predicted octanol–water partition coefficient (Wildman–Crippen LogP) is 1.60. The van der Waals surface area contributed by atoms with Crippen LogP contribution >= 0.6 is 11.8 Å². The number of carbonyl (C=O) groups is 2. The highest BCUT2D eigenvalue weighted by Crippen LogP contribution is 2.34.